The van der Waals surface area contributed by atoms with Gasteiger partial charge in [0.2, 0.25) is 0 Å². The average molecular weight is 269 g/mol. The number of aliphatic hydroxyl groups is 1. The highest BCUT2D eigenvalue weighted by Gasteiger charge is 2.14. The van der Waals surface area contributed by atoms with E-state index in [1.165, 1.54) is 11.1 Å². The molecule has 0 aliphatic carbocycles. The predicted molar refractivity (Wildman–Crippen MR) is 83.6 cm³/mol. The summed E-state index contributed by atoms with van der Waals surface area (Å²) in [6, 6.07) is 18.9. The van der Waals surface area contributed by atoms with Crippen molar-refractivity contribution < 1.29 is 5.11 Å². The summed E-state index contributed by atoms with van der Waals surface area (Å²) in [5.41, 5.74) is 3.71. The molecule has 2 nitrogen and oxygen atoms in total. The van der Waals surface area contributed by atoms with Crippen molar-refractivity contribution in [2.75, 3.05) is 6.61 Å². The molecular weight excluding hydrogens is 246 g/mol. The highest BCUT2D eigenvalue weighted by atomic mass is 16.3. The number of hydrogen-bond donors (Lipinski definition) is 2. The zero-order valence-electron chi connectivity index (χ0n) is 12.2. The lowest BCUT2D eigenvalue weighted by atomic mass is 10.0. The van der Waals surface area contributed by atoms with Crippen LogP contribution in [0.4, 0.5) is 0 Å². The van der Waals surface area contributed by atoms with Crippen molar-refractivity contribution in [2.24, 2.45) is 0 Å². The first kappa shape index (κ1) is 14.8. The van der Waals surface area contributed by atoms with Crippen LogP contribution >= 0.6 is 0 Å². The molecule has 2 aromatic rings. The predicted octanol–water partition coefficient (Wildman–Crippen LogP) is 3.63. The van der Waals surface area contributed by atoms with Gasteiger partial charge >= 0.3 is 0 Å². The Labute approximate surface area is 121 Å². The van der Waals surface area contributed by atoms with Gasteiger partial charge in [-0.25, -0.2) is 0 Å². The Bertz CT molecular complexity index is 507. The zero-order chi connectivity index (χ0) is 14.4. The van der Waals surface area contributed by atoms with Gasteiger partial charge in [-0.15, -0.1) is 0 Å². The van der Waals surface area contributed by atoms with Crippen molar-refractivity contribution in [2.45, 2.75) is 32.4 Å². The maximum Gasteiger partial charge on any atom is 0.0626 e. The largest absolute Gasteiger partial charge is 0.394 e. The number of hydrogen-bond acceptors (Lipinski definition) is 2. The molecule has 0 spiro atoms. The molecule has 2 aromatic carbocycles. The minimum absolute atomic E-state index is 0.0305. The first-order valence-electron chi connectivity index (χ1n) is 7.25. The molecule has 0 heterocycles. The van der Waals surface area contributed by atoms with Gasteiger partial charge in [-0.1, -0.05) is 61.5 Å². The molecule has 0 radical (unpaired) electrons. The lowest BCUT2D eigenvalue weighted by Gasteiger charge is -2.22. The normalized spacial score (nSPS) is 13.9. The Morgan fingerprint density at radius 2 is 1.60 bits per heavy atom. The maximum absolute atomic E-state index is 9.59. The van der Waals surface area contributed by atoms with Crippen LogP contribution in [-0.4, -0.2) is 11.7 Å². The fourth-order valence-corrected chi connectivity index (χ4v) is 2.38. The third kappa shape index (κ3) is 3.69. The Morgan fingerprint density at radius 1 is 0.950 bits per heavy atom. The second-order valence-electron chi connectivity index (χ2n) is 5.13. The number of aliphatic hydroxyl groups excluding tert-OH is 1. The average Bonchev–Trinajstić information content (AvgIpc) is 2.53. The van der Waals surface area contributed by atoms with Crippen LogP contribution in [0.5, 0.6) is 0 Å². The van der Waals surface area contributed by atoms with E-state index < -0.39 is 0 Å². The Balaban J connectivity index is 2.06. The van der Waals surface area contributed by atoms with E-state index in [1.807, 2.05) is 30.3 Å². The van der Waals surface area contributed by atoms with Crippen LogP contribution in [0, 0.1) is 0 Å². The van der Waals surface area contributed by atoms with Crippen LogP contribution in [-0.2, 0) is 6.42 Å². The van der Waals surface area contributed by atoms with Crippen LogP contribution < -0.4 is 5.32 Å². The summed E-state index contributed by atoms with van der Waals surface area (Å²) >= 11 is 0. The first-order chi connectivity index (χ1) is 9.74. The summed E-state index contributed by atoms with van der Waals surface area (Å²) in [6.45, 7) is 4.39. The van der Waals surface area contributed by atoms with E-state index in [2.05, 4.69) is 43.4 Å². The minimum Gasteiger partial charge on any atom is -0.394 e. The van der Waals surface area contributed by atoms with Gasteiger partial charge in [-0.3, -0.25) is 0 Å². The molecule has 0 saturated carbocycles. The fourth-order valence-electron chi connectivity index (χ4n) is 2.38. The summed E-state index contributed by atoms with van der Waals surface area (Å²) < 4.78 is 0. The third-order valence-electron chi connectivity index (χ3n) is 3.72. The number of aryl methyl sites for hydroxylation is 1. The molecule has 0 aliphatic heterocycles. The van der Waals surface area contributed by atoms with Gasteiger partial charge in [0.05, 0.1) is 12.6 Å². The van der Waals surface area contributed by atoms with E-state index in [-0.39, 0.29) is 18.7 Å². The first-order valence-corrected chi connectivity index (χ1v) is 7.25. The third-order valence-corrected chi connectivity index (χ3v) is 3.72. The Morgan fingerprint density at radius 3 is 2.15 bits per heavy atom. The van der Waals surface area contributed by atoms with Gasteiger partial charge in [0.15, 0.2) is 0 Å². The van der Waals surface area contributed by atoms with Crippen molar-refractivity contribution >= 4 is 0 Å². The van der Waals surface area contributed by atoms with E-state index in [9.17, 15) is 5.11 Å². The summed E-state index contributed by atoms with van der Waals surface area (Å²) in [7, 11) is 0. The highest BCUT2D eigenvalue weighted by molar-refractivity contribution is 5.26. The number of rotatable bonds is 6. The molecule has 2 atom stereocenters. The summed E-state index contributed by atoms with van der Waals surface area (Å²) in [5, 5.41) is 13.1. The topological polar surface area (TPSA) is 32.3 Å². The van der Waals surface area contributed by atoms with E-state index >= 15 is 0 Å². The van der Waals surface area contributed by atoms with Gasteiger partial charge in [0.1, 0.15) is 0 Å². The second kappa shape index (κ2) is 7.22. The van der Waals surface area contributed by atoms with E-state index in [0.717, 1.165) is 12.0 Å². The Hall–Kier alpha value is -1.64. The van der Waals surface area contributed by atoms with Crippen molar-refractivity contribution in [3.63, 3.8) is 0 Å². The summed E-state index contributed by atoms with van der Waals surface area (Å²) in [6.07, 6.45) is 1.06. The molecule has 2 heteroatoms. The molecule has 0 bridgehead atoms. The molecule has 0 amide bonds. The van der Waals surface area contributed by atoms with Gasteiger partial charge < -0.3 is 10.4 Å². The van der Waals surface area contributed by atoms with E-state index in [4.69, 9.17) is 0 Å². The van der Waals surface area contributed by atoms with Gasteiger partial charge in [-0.05, 0) is 30.0 Å². The molecule has 0 aliphatic rings. The molecule has 0 fully saturated rings. The quantitative estimate of drug-likeness (QED) is 0.839. The summed E-state index contributed by atoms with van der Waals surface area (Å²) in [5.74, 6) is 0. The van der Waals surface area contributed by atoms with Crippen LogP contribution in [0.3, 0.4) is 0 Å². The maximum atomic E-state index is 9.59. The number of benzene rings is 2. The van der Waals surface area contributed by atoms with Gasteiger partial charge in [0, 0.05) is 6.04 Å². The molecule has 106 valence electrons. The van der Waals surface area contributed by atoms with Gasteiger partial charge in [0.25, 0.3) is 0 Å². The zero-order valence-corrected chi connectivity index (χ0v) is 12.2. The van der Waals surface area contributed by atoms with Crippen LogP contribution in [0.2, 0.25) is 0 Å². The van der Waals surface area contributed by atoms with Crippen molar-refractivity contribution in [3.8, 4) is 0 Å². The van der Waals surface area contributed by atoms with Gasteiger partial charge in [-0.2, -0.15) is 0 Å². The molecule has 2 unspecified atom stereocenters. The lowest BCUT2D eigenvalue weighted by molar-refractivity contribution is 0.235. The van der Waals surface area contributed by atoms with Crippen molar-refractivity contribution in [3.05, 3.63) is 71.3 Å². The molecule has 20 heavy (non-hydrogen) atoms. The molecule has 2 N–H and O–H groups in total. The molecular formula is C18H23NO. The minimum atomic E-state index is -0.0305. The van der Waals surface area contributed by atoms with Crippen molar-refractivity contribution in [1.29, 1.82) is 0 Å². The van der Waals surface area contributed by atoms with Crippen LogP contribution in [0.25, 0.3) is 0 Å². The standard InChI is InChI=1S/C18H23NO/c1-3-15-9-11-16(12-10-15)14(2)19-18(13-20)17-7-5-4-6-8-17/h4-12,14,18-20H,3,13H2,1-2H3. The van der Waals surface area contributed by atoms with E-state index in [1.54, 1.807) is 0 Å². The number of nitrogens with one attached hydrogen (secondary N) is 1. The Kier molecular flexibility index (Phi) is 5.33. The van der Waals surface area contributed by atoms with E-state index in [0.29, 0.717) is 0 Å². The monoisotopic (exact) mass is 269 g/mol. The molecule has 0 saturated heterocycles. The van der Waals surface area contributed by atoms with Crippen LogP contribution in [0.15, 0.2) is 54.6 Å². The highest BCUT2D eigenvalue weighted by Crippen LogP contribution is 2.19. The smallest absolute Gasteiger partial charge is 0.0626 e. The second-order valence-corrected chi connectivity index (χ2v) is 5.13. The van der Waals surface area contributed by atoms with Crippen molar-refractivity contribution in [1.82, 2.24) is 5.32 Å². The molecule has 2 rings (SSSR count). The lowest BCUT2D eigenvalue weighted by Crippen LogP contribution is -2.27. The molecule has 0 aromatic heterocycles. The summed E-state index contributed by atoms with van der Waals surface area (Å²) in [4.78, 5) is 0. The fraction of sp³-hybridized carbons (Fsp3) is 0.333. The SMILES string of the molecule is CCc1ccc(C(C)NC(CO)c2ccccc2)cc1. The van der Waals surface area contributed by atoms with Crippen LogP contribution in [0.1, 0.15) is 42.6 Å².